The van der Waals surface area contributed by atoms with Crippen molar-refractivity contribution in [3.05, 3.63) is 87.7 Å². The zero-order valence-electron chi connectivity index (χ0n) is 18.1. The molecular weight excluding hydrogens is 380 g/mol. The highest BCUT2D eigenvalue weighted by Gasteiger charge is 2.11. The van der Waals surface area contributed by atoms with E-state index in [1.807, 2.05) is 58.0 Å². The normalized spacial score (nSPS) is 12.4. The van der Waals surface area contributed by atoms with E-state index in [-0.39, 0.29) is 11.6 Å². The first-order valence-electron chi connectivity index (χ1n) is 9.77. The van der Waals surface area contributed by atoms with Gasteiger partial charge in [0.25, 0.3) is 0 Å². The molecule has 0 amide bonds. The van der Waals surface area contributed by atoms with Crippen molar-refractivity contribution in [1.29, 1.82) is 0 Å². The zero-order valence-corrected chi connectivity index (χ0v) is 18.1. The molecule has 0 atom stereocenters. The number of halogens is 2. The van der Waals surface area contributed by atoms with E-state index < -0.39 is 0 Å². The van der Waals surface area contributed by atoms with E-state index in [1.54, 1.807) is 13.8 Å². The minimum Gasteiger partial charge on any atom is -0.248 e. The third-order valence-corrected chi connectivity index (χ3v) is 4.85. The maximum Gasteiger partial charge on any atom is 0.149 e. The molecule has 5 heteroatoms. The summed E-state index contributed by atoms with van der Waals surface area (Å²) >= 11 is 0. The summed E-state index contributed by atoms with van der Waals surface area (Å²) < 4.78 is 28.7. The Kier molecular flexibility index (Phi) is 6.20. The molecule has 0 aliphatic rings. The Morgan fingerprint density at radius 1 is 0.700 bits per heavy atom. The maximum absolute atomic E-state index is 14.4. The Morgan fingerprint density at radius 3 is 1.47 bits per heavy atom. The molecule has 0 saturated carbocycles. The van der Waals surface area contributed by atoms with Gasteiger partial charge in [-0.15, -0.1) is 0 Å². The number of pyridine rings is 1. The van der Waals surface area contributed by atoms with Gasteiger partial charge in [0.2, 0.25) is 0 Å². The summed E-state index contributed by atoms with van der Waals surface area (Å²) in [5.74, 6) is -0.711. The highest BCUT2D eigenvalue weighted by atomic mass is 19.1. The number of hydrogen-bond acceptors (Lipinski definition) is 3. The Labute approximate surface area is 176 Å². The summed E-state index contributed by atoms with van der Waals surface area (Å²) in [5, 5.41) is 0. The minimum absolute atomic E-state index is 0.313. The lowest BCUT2D eigenvalue weighted by atomic mass is 10.1. The van der Waals surface area contributed by atoms with Gasteiger partial charge in [0.15, 0.2) is 0 Å². The number of aromatic nitrogens is 1. The van der Waals surface area contributed by atoms with Gasteiger partial charge in [-0.25, -0.2) is 23.7 Å². The summed E-state index contributed by atoms with van der Waals surface area (Å²) in [6, 6.07) is 12.2. The molecule has 1 heterocycles. The summed E-state index contributed by atoms with van der Waals surface area (Å²) in [6.07, 6.45) is 0. The first kappa shape index (κ1) is 21.5. The maximum atomic E-state index is 14.4. The van der Waals surface area contributed by atoms with E-state index in [1.165, 1.54) is 12.1 Å². The summed E-state index contributed by atoms with van der Waals surface area (Å²) in [5.41, 5.74) is 6.28. The number of aliphatic imine (C=N–C) groups is 2. The van der Waals surface area contributed by atoms with Gasteiger partial charge in [0, 0.05) is 0 Å². The Morgan fingerprint density at radius 2 is 1.10 bits per heavy atom. The standard InChI is InChI=1S/C25H25F2N3/c1-14-10-16(3)24(20(26)12-14)28-18(5)22-8-7-9-23(30-22)19(6)29-25-17(4)11-15(2)13-21(25)27/h7-13H,1-6H3/b28-18+,29-19+. The van der Waals surface area contributed by atoms with Crippen molar-refractivity contribution in [2.45, 2.75) is 41.5 Å². The Balaban J connectivity index is 1.99. The van der Waals surface area contributed by atoms with Crippen molar-refractivity contribution in [2.75, 3.05) is 0 Å². The van der Waals surface area contributed by atoms with Gasteiger partial charge in [0.1, 0.15) is 23.0 Å². The molecular formula is C25H25F2N3. The molecule has 0 fully saturated rings. The fourth-order valence-electron chi connectivity index (χ4n) is 3.39. The van der Waals surface area contributed by atoms with Crippen LogP contribution in [0.25, 0.3) is 0 Å². The van der Waals surface area contributed by atoms with Crippen LogP contribution in [0.15, 0.2) is 52.4 Å². The summed E-state index contributed by atoms with van der Waals surface area (Å²) in [7, 11) is 0. The van der Waals surface area contributed by atoms with Crippen LogP contribution in [-0.4, -0.2) is 16.4 Å². The van der Waals surface area contributed by atoms with Gasteiger partial charge >= 0.3 is 0 Å². The third kappa shape index (κ3) is 4.67. The van der Waals surface area contributed by atoms with Crippen LogP contribution in [0.3, 0.4) is 0 Å². The first-order chi connectivity index (χ1) is 14.2. The van der Waals surface area contributed by atoms with Gasteiger partial charge in [0.05, 0.1) is 22.8 Å². The van der Waals surface area contributed by atoms with Crippen LogP contribution in [0.5, 0.6) is 0 Å². The topological polar surface area (TPSA) is 37.6 Å². The smallest absolute Gasteiger partial charge is 0.149 e. The van der Waals surface area contributed by atoms with Crippen molar-refractivity contribution in [3.63, 3.8) is 0 Å². The lowest BCUT2D eigenvalue weighted by Gasteiger charge is -2.09. The van der Waals surface area contributed by atoms with Crippen LogP contribution >= 0.6 is 0 Å². The predicted molar refractivity (Wildman–Crippen MR) is 120 cm³/mol. The molecule has 2 aromatic carbocycles. The molecule has 0 N–H and O–H groups in total. The van der Waals surface area contributed by atoms with E-state index in [4.69, 9.17) is 0 Å². The average molecular weight is 405 g/mol. The molecule has 3 nitrogen and oxygen atoms in total. The van der Waals surface area contributed by atoms with Crippen molar-refractivity contribution >= 4 is 22.8 Å². The minimum atomic E-state index is -0.355. The average Bonchev–Trinajstić information content (AvgIpc) is 2.67. The second-order valence-corrected chi connectivity index (χ2v) is 7.63. The molecule has 0 aliphatic carbocycles. The van der Waals surface area contributed by atoms with Crippen molar-refractivity contribution < 1.29 is 8.78 Å². The molecule has 1 aromatic heterocycles. The molecule has 3 aromatic rings. The first-order valence-corrected chi connectivity index (χ1v) is 9.77. The van der Waals surface area contributed by atoms with Crippen molar-refractivity contribution in [3.8, 4) is 0 Å². The van der Waals surface area contributed by atoms with Gasteiger partial charge in [-0.3, -0.25) is 0 Å². The molecule has 0 unspecified atom stereocenters. The van der Waals surface area contributed by atoms with E-state index in [0.29, 0.717) is 34.2 Å². The molecule has 0 radical (unpaired) electrons. The largest absolute Gasteiger partial charge is 0.248 e. The lowest BCUT2D eigenvalue weighted by Crippen LogP contribution is -2.05. The van der Waals surface area contributed by atoms with Gasteiger partial charge in [-0.05, 0) is 88.1 Å². The number of rotatable bonds is 4. The van der Waals surface area contributed by atoms with E-state index >= 15 is 0 Å². The highest BCUT2D eigenvalue weighted by Crippen LogP contribution is 2.26. The molecule has 0 saturated heterocycles. The fourth-order valence-corrected chi connectivity index (χ4v) is 3.39. The highest BCUT2D eigenvalue weighted by molar-refractivity contribution is 6.02. The van der Waals surface area contributed by atoms with E-state index in [0.717, 1.165) is 22.3 Å². The number of aryl methyl sites for hydroxylation is 4. The molecule has 3 rings (SSSR count). The second-order valence-electron chi connectivity index (χ2n) is 7.63. The third-order valence-electron chi connectivity index (χ3n) is 4.85. The molecule has 154 valence electrons. The molecule has 0 spiro atoms. The van der Waals surface area contributed by atoms with Crippen LogP contribution in [0.1, 0.15) is 47.5 Å². The van der Waals surface area contributed by atoms with Crippen LogP contribution in [-0.2, 0) is 0 Å². The number of hydrogen-bond donors (Lipinski definition) is 0. The Bertz CT molecular complexity index is 1040. The van der Waals surface area contributed by atoms with Crippen molar-refractivity contribution in [1.82, 2.24) is 4.98 Å². The van der Waals surface area contributed by atoms with Crippen LogP contribution < -0.4 is 0 Å². The van der Waals surface area contributed by atoms with E-state index in [9.17, 15) is 8.78 Å². The summed E-state index contributed by atoms with van der Waals surface area (Å²) in [6.45, 7) is 11.0. The lowest BCUT2D eigenvalue weighted by molar-refractivity contribution is 0.627. The zero-order chi connectivity index (χ0) is 22.0. The van der Waals surface area contributed by atoms with Gasteiger partial charge < -0.3 is 0 Å². The van der Waals surface area contributed by atoms with Crippen LogP contribution in [0, 0.1) is 39.3 Å². The second kappa shape index (κ2) is 8.66. The molecule has 0 bridgehead atoms. The molecule has 0 aliphatic heterocycles. The van der Waals surface area contributed by atoms with Gasteiger partial charge in [-0.2, -0.15) is 0 Å². The number of benzene rings is 2. The van der Waals surface area contributed by atoms with E-state index in [2.05, 4.69) is 15.0 Å². The SMILES string of the molecule is C/C(=N\c1c(C)cc(C)cc1F)c1cccc(/C(C)=N/c2c(C)cc(C)cc2F)n1. The van der Waals surface area contributed by atoms with Gasteiger partial charge in [-0.1, -0.05) is 18.2 Å². The Hall–Kier alpha value is -3.21. The molecule has 30 heavy (non-hydrogen) atoms. The van der Waals surface area contributed by atoms with Crippen LogP contribution in [0.2, 0.25) is 0 Å². The summed E-state index contributed by atoms with van der Waals surface area (Å²) in [4.78, 5) is 13.6. The monoisotopic (exact) mass is 405 g/mol. The van der Waals surface area contributed by atoms with Crippen LogP contribution in [0.4, 0.5) is 20.2 Å². The predicted octanol–water partition coefficient (Wildman–Crippen LogP) is 6.87. The van der Waals surface area contributed by atoms with Crippen molar-refractivity contribution in [2.24, 2.45) is 9.98 Å². The fraction of sp³-hybridized carbons (Fsp3) is 0.240. The number of nitrogens with zero attached hydrogens (tertiary/aromatic N) is 3. The quantitative estimate of drug-likeness (QED) is 0.436.